The van der Waals surface area contributed by atoms with Gasteiger partial charge in [-0.25, -0.2) is 4.57 Å². The summed E-state index contributed by atoms with van der Waals surface area (Å²) in [5, 5.41) is 2.36. The smallest absolute Gasteiger partial charge is 0.294 e. The third kappa shape index (κ3) is 19.6. The van der Waals surface area contributed by atoms with E-state index in [0.717, 1.165) is 90.8 Å². The molecule has 6 heterocycles. The molecule has 675 valence electrons. The fourth-order valence-corrected chi connectivity index (χ4v) is 18.5. The van der Waals surface area contributed by atoms with Crippen LogP contribution in [0.2, 0.25) is 0 Å². The number of fused-ring (bicyclic) bond motifs is 6. The van der Waals surface area contributed by atoms with Crippen LogP contribution in [-0.4, -0.2) is 33.2 Å². The Morgan fingerprint density at radius 3 is 1.07 bits per heavy atom. The molecule has 0 atom stereocenters. The largest absolute Gasteiger partial charge is 0.456 e. The van der Waals surface area contributed by atoms with Gasteiger partial charge in [-0.1, -0.05) is 321 Å². The molecule has 137 heavy (non-hydrogen) atoms. The summed E-state index contributed by atoms with van der Waals surface area (Å²) in [4.78, 5) is 14.1. The molecule has 22 aromatic rings. The fraction of sp³-hybridized carbons (Fsp3) is 0.0806. The zero-order valence-electron chi connectivity index (χ0n) is 76.5. The summed E-state index contributed by atoms with van der Waals surface area (Å²) in [7, 11) is 0. The second-order valence-corrected chi connectivity index (χ2v) is 34.5. The SMILES string of the molecule is CC(C)c1cc(-c2ccccc2)c(-n2ccnc2-c2[c-]cccc2)c(-c2ccccc2)c1.CC(C)c1cc2c(oc3ccccc32)c(C(C)C)c1-n1ccnc1-c1[c-]cccc1.Fc1c[c-]c(-c2nccn2-c2c(-c3ccccc3)cc(-c3ccccc3)cc2-c2ccccc2)cc1.[Ir].[Ir].[Ir].c1ccc(-c2cc(-c3ccccc3)c(-n3cc[n+]4c3-c3ccccc3C4)c(-c3ccccc3)c2)cc1. The Labute approximate surface area is 841 Å². The van der Waals surface area contributed by atoms with E-state index in [1.807, 2.05) is 79.3 Å². The van der Waals surface area contributed by atoms with E-state index in [2.05, 4.69) is 439 Å². The average Bonchev–Trinajstić information content (AvgIpc) is 1.61. The van der Waals surface area contributed by atoms with Crippen molar-refractivity contribution in [3.63, 3.8) is 0 Å². The number of benzene rings is 17. The van der Waals surface area contributed by atoms with Crippen LogP contribution in [0.25, 0.3) is 179 Å². The number of furan rings is 1. The van der Waals surface area contributed by atoms with Crippen molar-refractivity contribution in [1.29, 1.82) is 0 Å². The zero-order valence-corrected chi connectivity index (χ0v) is 83.7. The molecule has 9 nitrogen and oxygen atoms in total. The first-order chi connectivity index (χ1) is 65.9. The zero-order chi connectivity index (χ0) is 91.0. The monoisotopic (exact) mass is 2310 g/mol. The van der Waals surface area contributed by atoms with Crippen molar-refractivity contribution < 1.29 is 73.7 Å². The van der Waals surface area contributed by atoms with Gasteiger partial charge in [-0.3, -0.25) is 19.3 Å². The average molecular weight is 2310 g/mol. The Morgan fingerprint density at radius 2 is 0.679 bits per heavy atom. The maximum atomic E-state index is 13.7. The first-order valence-electron chi connectivity index (χ1n) is 45.8. The maximum absolute atomic E-state index is 13.7. The van der Waals surface area contributed by atoms with Gasteiger partial charge in [-0.05, 0) is 139 Å². The second kappa shape index (κ2) is 42.9. The number of nitrogens with zero attached hydrogens (tertiary/aromatic N) is 8. The van der Waals surface area contributed by atoms with Crippen LogP contribution >= 0.6 is 0 Å². The third-order valence-electron chi connectivity index (χ3n) is 24.9. The van der Waals surface area contributed by atoms with Crippen LogP contribution in [-0.2, 0) is 66.9 Å². The minimum absolute atomic E-state index is 0. The summed E-state index contributed by atoms with van der Waals surface area (Å²) in [6.07, 6.45) is 16.0. The van der Waals surface area contributed by atoms with Crippen LogP contribution in [0.15, 0.2) is 454 Å². The van der Waals surface area contributed by atoms with Crippen LogP contribution in [0.5, 0.6) is 0 Å². The van der Waals surface area contributed by atoms with E-state index >= 15 is 0 Å². The Hall–Kier alpha value is -14.7. The van der Waals surface area contributed by atoms with Gasteiger partial charge in [0.15, 0.2) is 0 Å². The molecule has 0 saturated carbocycles. The number of hydrogen-bond donors (Lipinski definition) is 0. The van der Waals surface area contributed by atoms with Gasteiger partial charge in [-0.15, -0.1) is 102 Å². The van der Waals surface area contributed by atoms with Crippen molar-refractivity contribution in [3.05, 3.63) is 496 Å². The van der Waals surface area contributed by atoms with E-state index in [9.17, 15) is 4.39 Å². The number of rotatable bonds is 18. The quantitative estimate of drug-likeness (QED) is 0.0634. The van der Waals surface area contributed by atoms with Gasteiger partial charge in [0.1, 0.15) is 35.8 Å². The third-order valence-corrected chi connectivity index (χ3v) is 24.9. The van der Waals surface area contributed by atoms with E-state index in [1.165, 1.54) is 124 Å². The first-order valence-corrected chi connectivity index (χ1v) is 45.8. The molecule has 3 radical (unpaired) electrons. The van der Waals surface area contributed by atoms with Crippen molar-refractivity contribution in [1.82, 2.24) is 33.2 Å². The van der Waals surface area contributed by atoms with Gasteiger partial charge in [0.25, 0.3) is 5.82 Å². The van der Waals surface area contributed by atoms with Crippen molar-refractivity contribution in [2.75, 3.05) is 0 Å². The van der Waals surface area contributed by atoms with Crippen LogP contribution in [0.4, 0.5) is 4.39 Å². The number of halogens is 1. The van der Waals surface area contributed by atoms with Gasteiger partial charge in [0, 0.05) is 164 Å². The fourth-order valence-electron chi connectivity index (χ4n) is 18.5. The van der Waals surface area contributed by atoms with Crippen LogP contribution in [0.3, 0.4) is 0 Å². The van der Waals surface area contributed by atoms with Gasteiger partial charge in [0.2, 0.25) is 0 Å². The predicted octanol–water partition coefficient (Wildman–Crippen LogP) is 31.5. The Balaban J connectivity index is 0.000000126. The summed E-state index contributed by atoms with van der Waals surface area (Å²) in [5.74, 6) is 4.46. The summed E-state index contributed by atoms with van der Waals surface area (Å²) in [6.45, 7) is 14.4. The molecule has 1 aliphatic rings. The van der Waals surface area contributed by atoms with E-state index in [4.69, 9.17) is 9.40 Å². The Bertz CT molecular complexity index is 7640. The van der Waals surface area contributed by atoms with Crippen LogP contribution in [0, 0.1) is 24.0 Å². The van der Waals surface area contributed by atoms with Crippen LogP contribution in [0.1, 0.15) is 81.5 Å². The van der Waals surface area contributed by atoms with Gasteiger partial charge < -0.3 is 18.1 Å². The first kappa shape index (κ1) is 94.0. The van der Waals surface area contributed by atoms with Crippen molar-refractivity contribution in [2.24, 2.45) is 0 Å². The van der Waals surface area contributed by atoms with E-state index in [1.54, 1.807) is 12.3 Å². The molecule has 0 spiro atoms. The maximum Gasteiger partial charge on any atom is 0.294 e. The van der Waals surface area contributed by atoms with E-state index in [-0.39, 0.29) is 72.1 Å². The van der Waals surface area contributed by atoms with Gasteiger partial charge in [0.05, 0.1) is 34.4 Å². The molecule has 5 aromatic heterocycles. The van der Waals surface area contributed by atoms with E-state index < -0.39 is 0 Å². The second-order valence-electron chi connectivity index (χ2n) is 34.5. The minimum atomic E-state index is -0.320. The van der Waals surface area contributed by atoms with Crippen molar-refractivity contribution in [2.45, 2.75) is 65.8 Å². The summed E-state index contributed by atoms with van der Waals surface area (Å²) in [6, 6.07) is 148. The molecule has 17 aromatic carbocycles. The molecule has 0 N–H and O–H groups in total. The standard InChI is InChI=1S/C34H25N2.C33H22FN2.C30H25N2.C27H25N2O.3Ir/c1-4-12-25(13-5-1)29-22-31(26-14-6-2-7-15-26)33(32(23-29)27-16-8-3-9-17-27)36-21-20-35-24-28-18-10-11-19-30(28)34(35)36;34-29-18-16-27(17-19-29)33-35-20-21-36(33)32-30(25-12-6-2-7-13-25)22-28(24-10-4-1-5-11-24)23-31(32)26-14-8-3-9-15-26;1-22(2)26-20-27(23-12-6-3-7-13-23)29(28(21-26)24-14-8-4-9-15-24)32-19-18-31-30(32)25-16-10-5-11-17-25;1-17(2)21-16-22-20-12-8-9-13-23(20)30-26(22)24(18(3)4)25(21)29-15-14-28-27(29)19-10-6-5-7-11-19;;;/h1-23H,24H2;1-16,18-23H;3-16,18-22H,1-2H3;5-10,12-18H,1-4H3;;;/q+1;3*-1;;;. The van der Waals surface area contributed by atoms with Crippen molar-refractivity contribution >= 4 is 21.9 Å². The molecular formula is C124H97FIr3N8O-2. The van der Waals surface area contributed by atoms with Crippen molar-refractivity contribution in [3.8, 4) is 157 Å². The summed E-state index contributed by atoms with van der Waals surface area (Å²) >= 11 is 0. The topological polar surface area (TPSA) is 75.4 Å². The molecule has 0 aliphatic carbocycles. The molecule has 23 rings (SSSR count). The molecule has 0 bridgehead atoms. The number of imidazole rings is 4. The van der Waals surface area contributed by atoms with E-state index in [0.29, 0.717) is 17.7 Å². The Kier molecular flexibility index (Phi) is 29.4. The number of hydrogen-bond acceptors (Lipinski definition) is 4. The molecule has 0 unspecified atom stereocenters. The molecule has 0 fully saturated rings. The predicted molar refractivity (Wildman–Crippen MR) is 547 cm³/mol. The molecule has 1 aliphatic heterocycles. The minimum Gasteiger partial charge on any atom is -0.456 e. The number of aromatic nitrogens is 8. The Morgan fingerprint density at radius 1 is 0.314 bits per heavy atom. The van der Waals surface area contributed by atoms with Gasteiger partial charge >= 0.3 is 0 Å². The molecule has 0 saturated heterocycles. The summed E-state index contributed by atoms with van der Waals surface area (Å²) in [5.41, 5.74) is 34.4. The number of para-hydroxylation sites is 1. The molecule has 0 amide bonds. The van der Waals surface area contributed by atoms with Crippen LogP contribution < -0.4 is 4.57 Å². The molecular weight excluding hydrogens is 2210 g/mol. The van der Waals surface area contributed by atoms with Gasteiger partial charge in [-0.2, -0.15) is 4.57 Å². The normalized spacial score (nSPS) is 11.2. The molecule has 13 heteroatoms. The summed E-state index contributed by atoms with van der Waals surface area (Å²) < 4.78 is 31.4.